The number of benzene rings is 1. The van der Waals surface area contributed by atoms with Crippen LogP contribution < -0.4 is 4.74 Å². The summed E-state index contributed by atoms with van der Waals surface area (Å²) in [4.78, 5) is 15.8. The second kappa shape index (κ2) is 13.3. The van der Waals surface area contributed by atoms with Crippen LogP contribution in [0.5, 0.6) is 5.75 Å². The van der Waals surface area contributed by atoms with Crippen LogP contribution in [-0.4, -0.2) is 41.3 Å². The van der Waals surface area contributed by atoms with E-state index in [2.05, 4.69) is 36.3 Å². The van der Waals surface area contributed by atoms with E-state index in [1.807, 2.05) is 48.7 Å². The van der Waals surface area contributed by atoms with Crippen molar-refractivity contribution in [1.82, 2.24) is 9.30 Å². The lowest BCUT2D eigenvalue weighted by molar-refractivity contribution is 0.103. The molecule has 3 rings (SSSR count). The smallest absolute Gasteiger partial charge is 0.195 e. The Labute approximate surface area is 199 Å². The molecule has 0 fully saturated rings. The lowest BCUT2D eigenvalue weighted by Gasteiger charge is -2.20. The molecule has 0 unspecified atom stereocenters. The number of hydrogen-bond donors (Lipinski definition) is 0. The van der Waals surface area contributed by atoms with Gasteiger partial charge in [0.2, 0.25) is 0 Å². The molecule has 1 aromatic carbocycles. The summed E-state index contributed by atoms with van der Waals surface area (Å²) in [6.45, 7) is 10.7. The number of rotatable bonds is 13. The molecule has 2 heterocycles. The van der Waals surface area contributed by atoms with Crippen molar-refractivity contribution in [2.24, 2.45) is 0 Å². The monoisotopic (exact) mass is 456 g/mol. The zero-order chi connectivity index (χ0) is 22.1. The number of carbonyl (C=O) groups is 1. The maximum Gasteiger partial charge on any atom is 0.195 e. The van der Waals surface area contributed by atoms with Crippen molar-refractivity contribution in [2.75, 3.05) is 26.2 Å². The van der Waals surface area contributed by atoms with Gasteiger partial charge in [-0.2, -0.15) is 0 Å². The number of nitrogens with zero attached hydrogens (tertiary/aromatic N) is 2. The number of hydrogen-bond acceptors (Lipinski definition) is 3. The molecule has 0 saturated carbocycles. The van der Waals surface area contributed by atoms with Crippen molar-refractivity contribution in [3.8, 4) is 5.75 Å². The standard InChI is InChI=1S/C27H36N2O2.ClH/c1-4-10-23-21-29-19-8-7-11-25(29)26(23)27(30)22-12-14-24(15-13-22)31-20-9-18-28(16-5-2)17-6-3;/h7-8,11-15,19,21H,4-6,9-10,16-18,20H2,1-3H3;1H. The Morgan fingerprint density at radius 1 is 0.938 bits per heavy atom. The largest absolute Gasteiger partial charge is 0.494 e. The fourth-order valence-electron chi connectivity index (χ4n) is 4.19. The van der Waals surface area contributed by atoms with E-state index in [1.54, 1.807) is 0 Å². The summed E-state index contributed by atoms with van der Waals surface area (Å²) < 4.78 is 7.98. The lowest BCUT2D eigenvalue weighted by Crippen LogP contribution is -2.27. The molecular weight excluding hydrogens is 420 g/mol. The molecular formula is C27H37ClN2O2. The predicted molar refractivity (Wildman–Crippen MR) is 136 cm³/mol. The van der Waals surface area contributed by atoms with Crippen molar-refractivity contribution in [3.05, 3.63) is 71.5 Å². The van der Waals surface area contributed by atoms with Crippen molar-refractivity contribution < 1.29 is 9.53 Å². The SMILES string of the molecule is CCCc1cn2ccccc2c1C(=O)c1ccc(OCCCN(CCC)CCC)cc1.Cl. The Balaban J connectivity index is 0.00000363. The van der Waals surface area contributed by atoms with Gasteiger partial charge in [-0.1, -0.05) is 33.3 Å². The first-order chi connectivity index (χ1) is 15.2. The maximum atomic E-state index is 13.3. The second-order valence-corrected chi connectivity index (χ2v) is 8.17. The number of fused-ring (bicyclic) bond motifs is 1. The van der Waals surface area contributed by atoms with Crippen molar-refractivity contribution in [3.63, 3.8) is 0 Å². The van der Waals surface area contributed by atoms with Crippen molar-refractivity contribution >= 4 is 23.7 Å². The molecule has 174 valence electrons. The molecule has 0 saturated heterocycles. The summed E-state index contributed by atoms with van der Waals surface area (Å²) in [6.07, 6.45) is 9.39. The zero-order valence-electron chi connectivity index (χ0n) is 19.7. The predicted octanol–water partition coefficient (Wildman–Crippen LogP) is 6.44. The van der Waals surface area contributed by atoms with Gasteiger partial charge in [0.15, 0.2) is 5.78 Å². The minimum atomic E-state index is 0. The third kappa shape index (κ3) is 6.60. The number of halogens is 1. The maximum absolute atomic E-state index is 13.3. The van der Waals surface area contributed by atoms with Crippen LogP contribution >= 0.6 is 12.4 Å². The molecule has 4 nitrogen and oxygen atoms in total. The van der Waals surface area contributed by atoms with E-state index in [1.165, 1.54) is 12.8 Å². The van der Waals surface area contributed by atoms with Gasteiger partial charge in [0.05, 0.1) is 17.7 Å². The van der Waals surface area contributed by atoms with Gasteiger partial charge in [-0.05, 0) is 80.7 Å². The Kier molecular flexibility index (Phi) is 10.8. The van der Waals surface area contributed by atoms with Crippen LogP contribution in [0.1, 0.15) is 67.9 Å². The van der Waals surface area contributed by atoms with Gasteiger partial charge in [-0.3, -0.25) is 4.79 Å². The highest BCUT2D eigenvalue weighted by molar-refractivity contribution is 6.14. The van der Waals surface area contributed by atoms with Gasteiger partial charge >= 0.3 is 0 Å². The molecule has 3 aromatic rings. The van der Waals surface area contributed by atoms with Crippen LogP contribution in [0.15, 0.2) is 54.9 Å². The molecule has 0 atom stereocenters. The van der Waals surface area contributed by atoms with Gasteiger partial charge in [-0.25, -0.2) is 0 Å². The molecule has 0 bridgehead atoms. The number of ether oxygens (including phenoxy) is 1. The Morgan fingerprint density at radius 2 is 1.66 bits per heavy atom. The lowest BCUT2D eigenvalue weighted by atomic mass is 9.98. The summed E-state index contributed by atoms with van der Waals surface area (Å²) in [6, 6.07) is 13.6. The van der Waals surface area contributed by atoms with E-state index in [-0.39, 0.29) is 18.2 Å². The van der Waals surface area contributed by atoms with Crippen LogP contribution in [0.3, 0.4) is 0 Å². The molecule has 0 N–H and O–H groups in total. The minimum Gasteiger partial charge on any atom is -0.494 e. The van der Waals surface area contributed by atoms with E-state index < -0.39 is 0 Å². The van der Waals surface area contributed by atoms with Gasteiger partial charge in [0.1, 0.15) is 5.75 Å². The summed E-state index contributed by atoms with van der Waals surface area (Å²) >= 11 is 0. The van der Waals surface area contributed by atoms with E-state index in [0.717, 1.165) is 61.3 Å². The first-order valence-corrected chi connectivity index (χ1v) is 11.8. The van der Waals surface area contributed by atoms with Crippen LogP contribution in [0.2, 0.25) is 0 Å². The number of pyridine rings is 1. The van der Waals surface area contributed by atoms with Crippen LogP contribution in [0.4, 0.5) is 0 Å². The quantitative estimate of drug-likeness (QED) is 0.219. The van der Waals surface area contributed by atoms with Crippen LogP contribution in [-0.2, 0) is 6.42 Å². The van der Waals surface area contributed by atoms with Crippen LogP contribution in [0, 0.1) is 0 Å². The molecule has 0 spiro atoms. The summed E-state index contributed by atoms with van der Waals surface area (Å²) in [5, 5.41) is 0. The van der Waals surface area contributed by atoms with Gasteiger partial charge in [0.25, 0.3) is 0 Å². The minimum absolute atomic E-state index is 0. The molecule has 2 aromatic heterocycles. The molecule has 0 aliphatic heterocycles. The van der Waals surface area contributed by atoms with E-state index in [9.17, 15) is 4.79 Å². The molecule has 0 aliphatic carbocycles. The highest BCUT2D eigenvalue weighted by Gasteiger charge is 2.19. The third-order valence-corrected chi connectivity index (χ3v) is 5.59. The fraction of sp³-hybridized carbons (Fsp3) is 0.444. The van der Waals surface area contributed by atoms with E-state index >= 15 is 0 Å². The molecule has 5 heteroatoms. The van der Waals surface area contributed by atoms with Gasteiger partial charge in [-0.15, -0.1) is 12.4 Å². The molecule has 32 heavy (non-hydrogen) atoms. The van der Waals surface area contributed by atoms with Gasteiger partial charge in [0, 0.05) is 24.5 Å². The highest BCUT2D eigenvalue weighted by Crippen LogP contribution is 2.24. The summed E-state index contributed by atoms with van der Waals surface area (Å²) in [5.74, 6) is 0.906. The zero-order valence-corrected chi connectivity index (χ0v) is 20.5. The number of ketones is 1. The Bertz CT molecular complexity index is 959. The summed E-state index contributed by atoms with van der Waals surface area (Å²) in [7, 11) is 0. The molecule has 0 amide bonds. The third-order valence-electron chi connectivity index (χ3n) is 5.59. The highest BCUT2D eigenvalue weighted by atomic mass is 35.5. The molecule has 0 aliphatic rings. The average Bonchev–Trinajstić information content (AvgIpc) is 3.15. The fourth-order valence-corrected chi connectivity index (χ4v) is 4.19. The summed E-state index contributed by atoms with van der Waals surface area (Å²) in [5.41, 5.74) is 3.62. The topological polar surface area (TPSA) is 34.0 Å². The number of aromatic nitrogens is 1. The Hall–Kier alpha value is -2.30. The Morgan fingerprint density at radius 3 is 2.31 bits per heavy atom. The van der Waals surface area contributed by atoms with Crippen molar-refractivity contribution in [2.45, 2.75) is 52.9 Å². The van der Waals surface area contributed by atoms with Crippen LogP contribution in [0.25, 0.3) is 5.52 Å². The first-order valence-electron chi connectivity index (χ1n) is 11.8. The average molecular weight is 457 g/mol. The number of carbonyl (C=O) groups excluding carboxylic acids is 1. The molecule has 0 radical (unpaired) electrons. The van der Waals surface area contributed by atoms with E-state index in [4.69, 9.17) is 4.74 Å². The normalized spacial score (nSPS) is 11.0. The number of aryl methyl sites for hydroxylation is 1. The second-order valence-electron chi connectivity index (χ2n) is 8.17. The first kappa shape index (κ1) is 26.0. The van der Waals surface area contributed by atoms with Crippen molar-refractivity contribution in [1.29, 1.82) is 0 Å². The van der Waals surface area contributed by atoms with Gasteiger partial charge < -0.3 is 14.0 Å². The van der Waals surface area contributed by atoms with E-state index in [0.29, 0.717) is 12.2 Å².